The highest BCUT2D eigenvalue weighted by Gasteiger charge is 2.22. The summed E-state index contributed by atoms with van der Waals surface area (Å²) in [4.78, 5) is 9.40. The number of hydrogen-bond acceptors (Lipinski definition) is 6. The second kappa shape index (κ2) is 10.5. The molecule has 3 aromatic rings. The lowest BCUT2D eigenvalue weighted by Gasteiger charge is -2.27. The second-order valence-corrected chi connectivity index (χ2v) is 8.81. The highest BCUT2D eigenvalue weighted by Crippen LogP contribution is 2.36. The predicted octanol–water partition coefficient (Wildman–Crippen LogP) is 4.83. The maximum absolute atomic E-state index is 13.6. The van der Waals surface area contributed by atoms with Crippen molar-refractivity contribution >= 4 is 17.6 Å². The SMILES string of the molecule is COCCn1c(SC)nc(-c2ccc(F)cc2)c1-c1ccnc(NC2CCCC(O)C2)c1. The van der Waals surface area contributed by atoms with Crippen molar-refractivity contribution in [2.24, 2.45) is 0 Å². The summed E-state index contributed by atoms with van der Waals surface area (Å²) in [5.74, 6) is 0.501. The Bertz CT molecular complexity index is 1040. The predicted molar refractivity (Wildman–Crippen MR) is 126 cm³/mol. The minimum Gasteiger partial charge on any atom is -0.393 e. The smallest absolute Gasteiger partial charge is 0.168 e. The summed E-state index contributed by atoms with van der Waals surface area (Å²) in [6.45, 7) is 1.20. The number of anilines is 1. The van der Waals surface area contributed by atoms with E-state index in [0.29, 0.717) is 13.2 Å². The molecule has 8 heteroatoms. The van der Waals surface area contributed by atoms with E-state index in [1.165, 1.54) is 12.1 Å². The molecule has 1 aliphatic rings. The van der Waals surface area contributed by atoms with Gasteiger partial charge in [-0.1, -0.05) is 11.8 Å². The number of aliphatic hydroxyl groups is 1. The molecule has 6 nitrogen and oxygen atoms in total. The van der Waals surface area contributed by atoms with Gasteiger partial charge in [0.2, 0.25) is 0 Å². The molecule has 1 fully saturated rings. The molecule has 170 valence electrons. The van der Waals surface area contributed by atoms with Crippen LogP contribution in [0, 0.1) is 5.82 Å². The Morgan fingerprint density at radius 3 is 2.75 bits per heavy atom. The molecule has 0 spiro atoms. The Kier molecular flexibility index (Phi) is 7.44. The van der Waals surface area contributed by atoms with E-state index in [1.807, 2.05) is 18.4 Å². The highest BCUT2D eigenvalue weighted by molar-refractivity contribution is 7.98. The molecule has 1 aromatic carbocycles. The van der Waals surface area contributed by atoms with E-state index in [2.05, 4.69) is 14.9 Å². The van der Waals surface area contributed by atoms with Gasteiger partial charge in [0.05, 0.1) is 24.1 Å². The van der Waals surface area contributed by atoms with Crippen LogP contribution >= 0.6 is 11.8 Å². The van der Waals surface area contributed by atoms with Crippen LogP contribution in [0.5, 0.6) is 0 Å². The number of ether oxygens (including phenoxy) is 1. The van der Waals surface area contributed by atoms with Gasteiger partial charge in [0.25, 0.3) is 0 Å². The number of imidazole rings is 1. The van der Waals surface area contributed by atoms with Crippen molar-refractivity contribution in [1.29, 1.82) is 0 Å². The lowest BCUT2D eigenvalue weighted by molar-refractivity contribution is 0.124. The molecule has 0 bridgehead atoms. The summed E-state index contributed by atoms with van der Waals surface area (Å²) in [5.41, 5.74) is 3.58. The van der Waals surface area contributed by atoms with Crippen LogP contribution in [0.2, 0.25) is 0 Å². The van der Waals surface area contributed by atoms with Crippen LogP contribution in [0.1, 0.15) is 25.7 Å². The largest absolute Gasteiger partial charge is 0.393 e. The molecule has 0 radical (unpaired) electrons. The fourth-order valence-corrected chi connectivity index (χ4v) is 4.83. The number of aromatic nitrogens is 3. The molecule has 4 rings (SSSR count). The minimum atomic E-state index is -0.274. The number of pyridine rings is 1. The minimum absolute atomic E-state index is 0.207. The van der Waals surface area contributed by atoms with Gasteiger partial charge in [-0.3, -0.25) is 0 Å². The maximum atomic E-state index is 13.6. The first kappa shape index (κ1) is 22.8. The summed E-state index contributed by atoms with van der Waals surface area (Å²) >= 11 is 1.57. The van der Waals surface area contributed by atoms with E-state index in [9.17, 15) is 9.50 Å². The Morgan fingerprint density at radius 2 is 2.03 bits per heavy atom. The molecule has 0 saturated heterocycles. The standard InChI is InChI=1S/C24H29FN4O2S/c1-31-13-12-29-23(22(28-24(29)32-2)16-6-8-18(25)9-7-16)17-10-11-26-21(14-17)27-19-4-3-5-20(30)15-19/h6-11,14,19-20,30H,3-5,12-13,15H2,1-2H3,(H,26,27). The van der Waals surface area contributed by atoms with Crippen molar-refractivity contribution in [2.45, 2.75) is 49.5 Å². The van der Waals surface area contributed by atoms with Gasteiger partial charge in [0, 0.05) is 37.0 Å². The van der Waals surface area contributed by atoms with Gasteiger partial charge in [-0.15, -0.1) is 0 Å². The van der Waals surface area contributed by atoms with Crippen LogP contribution in [0.3, 0.4) is 0 Å². The summed E-state index contributed by atoms with van der Waals surface area (Å²) < 4.78 is 21.1. The fraction of sp³-hybridized carbons (Fsp3) is 0.417. The molecule has 2 heterocycles. The Balaban J connectivity index is 1.75. The van der Waals surface area contributed by atoms with E-state index in [-0.39, 0.29) is 18.0 Å². The molecule has 1 saturated carbocycles. The molecule has 1 aliphatic carbocycles. The zero-order valence-electron chi connectivity index (χ0n) is 18.4. The van der Waals surface area contributed by atoms with E-state index >= 15 is 0 Å². The van der Waals surface area contributed by atoms with Crippen molar-refractivity contribution in [1.82, 2.24) is 14.5 Å². The molecular formula is C24H29FN4O2S. The van der Waals surface area contributed by atoms with E-state index in [1.54, 1.807) is 37.2 Å². The zero-order chi connectivity index (χ0) is 22.5. The van der Waals surface area contributed by atoms with Crippen molar-refractivity contribution in [2.75, 3.05) is 25.3 Å². The van der Waals surface area contributed by atoms with Gasteiger partial charge >= 0.3 is 0 Å². The Labute approximate surface area is 192 Å². The third-order valence-corrected chi connectivity index (χ3v) is 6.46. The van der Waals surface area contributed by atoms with Gasteiger partial charge < -0.3 is 19.7 Å². The average molecular weight is 457 g/mol. The number of hydrogen-bond donors (Lipinski definition) is 2. The molecule has 0 aliphatic heterocycles. The Morgan fingerprint density at radius 1 is 1.22 bits per heavy atom. The van der Waals surface area contributed by atoms with E-state index in [4.69, 9.17) is 9.72 Å². The summed E-state index contributed by atoms with van der Waals surface area (Å²) in [6, 6.07) is 10.6. The third-order valence-electron chi connectivity index (χ3n) is 5.78. The second-order valence-electron chi connectivity index (χ2n) is 8.04. The van der Waals surface area contributed by atoms with E-state index < -0.39 is 0 Å². The zero-order valence-corrected chi connectivity index (χ0v) is 19.2. The topological polar surface area (TPSA) is 72.2 Å². The lowest BCUT2D eigenvalue weighted by Crippen LogP contribution is -2.30. The molecule has 2 aromatic heterocycles. The third kappa shape index (κ3) is 5.14. The molecule has 32 heavy (non-hydrogen) atoms. The van der Waals surface area contributed by atoms with Crippen molar-refractivity contribution in [3.8, 4) is 22.5 Å². The number of nitrogens with zero attached hydrogens (tertiary/aromatic N) is 3. The van der Waals surface area contributed by atoms with Crippen LogP contribution < -0.4 is 5.32 Å². The first-order valence-electron chi connectivity index (χ1n) is 10.9. The van der Waals surface area contributed by atoms with E-state index in [0.717, 1.165) is 59.2 Å². The number of methoxy groups -OCH3 is 1. The van der Waals surface area contributed by atoms with Crippen LogP contribution in [-0.2, 0) is 11.3 Å². The maximum Gasteiger partial charge on any atom is 0.168 e. The number of aliphatic hydroxyl groups excluding tert-OH is 1. The first-order chi connectivity index (χ1) is 15.6. The summed E-state index contributed by atoms with van der Waals surface area (Å²) in [5, 5.41) is 14.4. The van der Waals surface area contributed by atoms with Crippen LogP contribution in [-0.4, -0.2) is 51.8 Å². The Hall–Kier alpha value is -2.42. The van der Waals surface area contributed by atoms with Crippen LogP contribution in [0.25, 0.3) is 22.5 Å². The van der Waals surface area contributed by atoms with Gasteiger partial charge in [0.15, 0.2) is 5.16 Å². The highest BCUT2D eigenvalue weighted by atomic mass is 32.2. The van der Waals surface area contributed by atoms with Gasteiger partial charge in [-0.25, -0.2) is 14.4 Å². The molecule has 2 unspecified atom stereocenters. The lowest BCUT2D eigenvalue weighted by atomic mass is 9.93. The molecule has 2 atom stereocenters. The number of nitrogens with one attached hydrogen (secondary N) is 1. The monoisotopic (exact) mass is 456 g/mol. The summed E-state index contributed by atoms with van der Waals surface area (Å²) in [6.07, 6.45) is 7.16. The van der Waals surface area contributed by atoms with Crippen molar-refractivity contribution in [3.05, 3.63) is 48.4 Å². The fourth-order valence-electron chi connectivity index (χ4n) is 4.24. The number of thioether (sulfide) groups is 1. The van der Waals surface area contributed by atoms with Crippen molar-refractivity contribution in [3.63, 3.8) is 0 Å². The van der Waals surface area contributed by atoms with Gasteiger partial charge in [-0.05, 0) is 68.3 Å². The summed E-state index contributed by atoms with van der Waals surface area (Å²) in [7, 11) is 1.68. The number of halogens is 1. The van der Waals surface area contributed by atoms with Crippen LogP contribution in [0.15, 0.2) is 47.8 Å². The molecule has 0 amide bonds. The number of rotatable bonds is 8. The molecular weight excluding hydrogens is 427 g/mol. The van der Waals surface area contributed by atoms with Gasteiger partial charge in [0.1, 0.15) is 11.6 Å². The van der Waals surface area contributed by atoms with Crippen molar-refractivity contribution < 1.29 is 14.2 Å². The molecule has 2 N–H and O–H groups in total. The first-order valence-corrected chi connectivity index (χ1v) is 12.1. The average Bonchev–Trinajstić information content (AvgIpc) is 3.17. The van der Waals surface area contributed by atoms with Crippen LogP contribution in [0.4, 0.5) is 10.2 Å². The van der Waals surface area contributed by atoms with Gasteiger partial charge in [-0.2, -0.15) is 0 Å². The normalized spacial score (nSPS) is 18.6. The number of benzene rings is 1. The quantitative estimate of drug-likeness (QED) is 0.473.